The maximum atomic E-state index is 12.4. The highest BCUT2D eigenvalue weighted by atomic mass is 32.2. The van der Waals surface area contributed by atoms with Crippen molar-refractivity contribution in [2.75, 3.05) is 18.4 Å². The molecule has 114 valence electrons. The predicted molar refractivity (Wildman–Crippen MR) is 91.2 cm³/mol. The zero-order chi connectivity index (χ0) is 15.2. The lowest BCUT2D eigenvalue weighted by molar-refractivity contribution is -0.120. The lowest BCUT2D eigenvalue weighted by Crippen LogP contribution is -2.37. The SMILES string of the molecule is O=C(Nc1ccccc1Sc1ccccc1)[C@@H]1CCCNC1. The van der Waals surface area contributed by atoms with Crippen molar-refractivity contribution in [2.24, 2.45) is 5.92 Å². The molecule has 1 aliphatic heterocycles. The molecule has 0 unspecified atom stereocenters. The largest absolute Gasteiger partial charge is 0.325 e. The van der Waals surface area contributed by atoms with Crippen LogP contribution in [0.25, 0.3) is 0 Å². The number of anilines is 1. The Morgan fingerprint density at radius 2 is 1.86 bits per heavy atom. The van der Waals surface area contributed by atoms with E-state index >= 15 is 0 Å². The van der Waals surface area contributed by atoms with Crippen molar-refractivity contribution in [3.8, 4) is 0 Å². The molecular formula is C18H20N2OS. The predicted octanol–water partition coefficient (Wildman–Crippen LogP) is 3.78. The summed E-state index contributed by atoms with van der Waals surface area (Å²) in [6.45, 7) is 1.80. The van der Waals surface area contributed by atoms with Gasteiger partial charge in [0.1, 0.15) is 0 Å². The number of piperidine rings is 1. The molecule has 1 amide bonds. The van der Waals surface area contributed by atoms with Crippen LogP contribution in [0, 0.1) is 5.92 Å². The van der Waals surface area contributed by atoms with Crippen LogP contribution in [0.4, 0.5) is 5.69 Å². The Balaban J connectivity index is 1.72. The van der Waals surface area contributed by atoms with Gasteiger partial charge in [-0.05, 0) is 43.7 Å². The van der Waals surface area contributed by atoms with Gasteiger partial charge in [-0.2, -0.15) is 0 Å². The van der Waals surface area contributed by atoms with Crippen LogP contribution in [-0.2, 0) is 4.79 Å². The average molecular weight is 312 g/mol. The van der Waals surface area contributed by atoms with Gasteiger partial charge in [0.05, 0.1) is 11.6 Å². The molecule has 0 saturated carbocycles. The van der Waals surface area contributed by atoms with Gasteiger partial charge in [0.2, 0.25) is 5.91 Å². The zero-order valence-electron chi connectivity index (χ0n) is 12.4. The van der Waals surface area contributed by atoms with Gasteiger partial charge in [-0.3, -0.25) is 4.79 Å². The molecule has 2 N–H and O–H groups in total. The van der Waals surface area contributed by atoms with Crippen LogP contribution in [0.1, 0.15) is 12.8 Å². The summed E-state index contributed by atoms with van der Waals surface area (Å²) < 4.78 is 0. The number of nitrogens with one attached hydrogen (secondary N) is 2. The fraction of sp³-hybridized carbons (Fsp3) is 0.278. The third-order valence-electron chi connectivity index (χ3n) is 3.78. The molecule has 0 spiro atoms. The first-order valence-corrected chi connectivity index (χ1v) is 8.48. The van der Waals surface area contributed by atoms with Gasteiger partial charge < -0.3 is 10.6 Å². The summed E-state index contributed by atoms with van der Waals surface area (Å²) in [7, 11) is 0. The Morgan fingerprint density at radius 1 is 1.09 bits per heavy atom. The maximum absolute atomic E-state index is 12.4. The molecule has 3 rings (SSSR count). The normalized spacial score (nSPS) is 17.9. The second kappa shape index (κ2) is 7.47. The van der Waals surface area contributed by atoms with Crippen LogP contribution in [0.15, 0.2) is 64.4 Å². The molecular weight excluding hydrogens is 292 g/mol. The van der Waals surface area contributed by atoms with Gasteiger partial charge in [-0.15, -0.1) is 0 Å². The second-order valence-corrected chi connectivity index (χ2v) is 6.56. The first kappa shape index (κ1) is 15.1. The highest BCUT2D eigenvalue weighted by molar-refractivity contribution is 7.99. The molecule has 0 aliphatic carbocycles. The van der Waals surface area contributed by atoms with Gasteiger partial charge in [-0.25, -0.2) is 0 Å². The van der Waals surface area contributed by atoms with E-state index in [0.717, 1.165) is 36.5 Å². The Bertz CT molecular complexity index is 624. The molecule has 1 atom stereocenters. The first-order chi connectivity index (χ1) is 10.8. The number of rotatable bonds is 4. The van der Waals surface area contributed by atoms with Crippen molar-refractivity contribution >= 4 is 23.4 Å². The number of amides is 1. The van der Waals surface area contributed by atoms with Crippen LogP contribution in [0.5, 0.6) is 0 Å². The molecule has 0 aromatic heterocycles. The number of carbonyl (C=O) groups is 1. The van der Waals surface area contributed by atoms with Crippen molar-refractivity contribution in [1.29, 1.82) is 0 Å². The Hall–Kier alpha value is -1.78. The Kier molecular flexibility index (Phi) is 5.14. The molecule has 1 heterocycles. The molecule has 22 heavy (non-hydrogen) atoms. The Labute approximate surface area is 135 Å². The maximum Gasteiger partial charge on any atom is 0.228 e. The number of hydrogen-bond donors (Lipinski definition) is 2. The van der Waals surface area contributed by atoms with Gasteiger partial charge in [0.15, 0.2) is 0 Å². The Morgan fingerprint density at radius 3 is 2.64 bits per heavy atom. The van der Waals surface area contributed by atoms with E-state index in [2.05, 4.69) is 22.8 Å². The van der Waals surface area contributed by atoms with E-state index in [1.165, 1.54) is 4.90 Å². The molecule has 2 aromatic carbocycles. The van der Waals surface area contributed by atoms with Crippen LogP contribution >= 0.6 is 11.8 Å². The summed E-state index contributed by atoms with van der Waals surface area (Å²) in [6, 6.07) is 18.2. The number of benzene rings is 2. The van der Waals surface area contributed by atoms with E-state index in [1.54, 1.807) is 11.8 Å². The number of para-hydroxylation sites is 1. The first-order valence-electron chi connectivity index (χ1n) is 7.66. The lowest BCUT2D eigenvalue weighted by atomic mass is 9.99. The van der Waals surface area contributed by atoms with E-state index < -0.39 is 0 Å². The van der Waals surface area contributed by atoms with Crippen LogP contribution in [0.3, 0.4) is 0 Å². The van der Waals surface area contributed by atoms with Crippen LogP contribution in [-0.4, -0.2) is 19.0 Å². The summed E-state index contributed by atoms with van der Waals surface area (Å²) >= 11 is 1.67. The van der Waals surface area contributed by atoms with E-state index in [1.807, 2.05) is 42.5 Å². The second-order valence-electron chi connectivity index (χ2n) is 5.44. The van der Waals surface area contributed by atoms with Crippen molar-refractivity contribution in [3.05, 3.63) is 54.6 Å². The molecule has 2 aromatic rings. The highest BCUT2D eigenvalue weighted by Gasteiger charge is 2.21. The third kappa shape index (κ3) is 3.90. The van der Waals surface area contributed by atoms with E-state index in [-0.39, 0.29) is 11.8 Å². The molecule has 0 radical (unpaired) electrons. The topological polar surface area (TPSA) is 41.1 Å². The van der Waals surface area contributed by atoms with E-state index in [0.29, 0.717) is 0 Å². The molecule has 1 fully saturated rings. The van der Waals surface area contributed by atoms with Gasteiger partial charge in [0.25, 0.3) is 0 Å². The van der Waals surface area contributed by atoms with E-state index in [4.69, 9.17) is 0 Å². The minimum Gasteiger partial charge on any atom is -0.325 e. The zero-order valence-corrected chi connectivity index (χ0v) is 13.2. The molecule has 1 saturated heterocycles. The monoisotopic (exact) mass is 312 g/mol. The van der Waals surface area contributed by atoms with Crippen LogP contribution < -0.4 is 10.6 Å². The lowest BCUT2D eigenvalue weighted by Gasteiger charge is -2.22. The highest BCUT2D eigenvalue weighted by Crippen LogP contribution is 2.33. The van der Waals surface area contributed by atoms with Gasteiger partial charge >= 0.3 is 0 Å². The van der Waals surface area contributed by atoms with Gasteiger partial charge in [-0.1, -0.05) is 42.1 Å². The summed E-state index contributed by atoms with van der Waals surface area (Å²) in [5.74, 6) is 0.192. The standard InChI is InChI=1S/C18H20N2OS/c21-18(14-7-6-12-19-13-14)20-16-10-4-5-11-17(16)22-15-8-2-1-3-9-15/h1-5,8-11,14,19H,6-7,12-13H2,(H,20,21)/t14-/m1/s1. The molecule has 3 nitrogen and oxygen atoms in total. The summed E-state index contributed by atoms with van der Waals surface area (Å²) in [6.07, 6.45) is 2.03. The quantitative estimate of drug-likeness (QED) is 0.903. The smallest absolute Gasteiger partial charge is 0.228 e. The summed E-state index contributed by atoms with van der Waals surface area (Å²) in [5.41, 5.74) is 0.895. The molecule has 4 heteroatoms. The minimum absolute atomic E-state index is 0.0727. The van der Waals surface area contributed by atoms with Crippen molar-refractivity contribution < 1.29 is 4.79 Å². The molecule has 1 aliphatic rings. The summed E-state index contributed by atoms with van der Waals surface area (Å²) in [4.78, 5) is 14.7. The third-order valence-corrected chi connectivity index (χ3v) is 4.87. The fourth-order valence-corrected chi connectivity index (χ4v) is 3.51. The fourth-order valence-electron chi connectivity index (χ4n) is 2.58. The summed E-state index contributed by atoms with van der Waals surface area (Å²) in [5, 5.41) is 6.39. The van der Waals surface area contributed by atoms with Crippen molar-refractivity contribution in [2.45, 2.75) is 22.6 Å². The minimum atomic E-state index is 0.0727. The van der Waals surface area contributed by atoms with Crippen molar-refractivity contribution in [1.82, 2.24) is 5.32 Å². The van der Waals surface area contributed by atoms with E-state index in [9.17, 15) is 4.79 Å². The van der Waals surface area contributed by atoms with Gasteiger partial charge in [0, 0.05) is 16.3 Å². The number of hydrogen-bond acceptors (Lipinski definition) is 3. The number of carbonyl (C=O) groups excluding carboxylic acids is 1. The van der Waals surface area contributed by atoms with Crippen LogP contribution in [0.2, 0.25) is 0 Å². The average Bonchev–Trinajstić information content (AvgIpc) is 2.58. The van der Waals surface area contributed by atoms with Crippen molar-refractivity contribution in [3.63, 3.8) is 0 Å². The molecule has 0 bridgehead atoms.